The van der Waals surface area contributed by atoms with Crippen LogP contribution in [0.4, 0.5) is 5.95 Å². The van der Waals surface area contributed by atoms with Crippen molar-refractivity contribution in [2.24, 2.45) is 0 Å². The molecule has 1 aliphatic rings. The number of fused-ring (bicyclic) bond motifs is 3. The van der Waals surface area contributed by atoms with E-state index in [9.17, 15) is 8.42 Å². The molecule has 1 N–H and O–H groups in total. The Balaban J connectivity index is 1.72. The Hall–Kier alpha value is -2.32. The van der Waals surface area contributed by atoms with Gasteiger partial charge in [0.25, 0.3) is 10.0 Å². The Bertz CT molecular complexity index is 1010. The van der Waals surface area contributed by atoms with Crippen molar-refractivity contribution in [3.8, 4) is 10.6 Å². The quantitative estimate of drug-likeness (QED) is 0.778. The highest BCUT2D eigenvalue weighted by Gasteiger charge is 2.23. The van der Waals surface area contributed by atoms with Crippen LogP contribution in [0.1, 0.15) is 16.3 Å². The van der Waals surface area contributed by atoms with Crippen molar-refractivity contribution in [3.05, 3.63) is 52.8 Å². The summed E-state index contributed by atoms with van der Waals surface area (Å²) in [4.78, 5) is 14.3. The molecule has 8 heteroatoms. The van der Waals surface area contributed by atoms with E-state index in [4.69, 9.17) is 0 Å². The molecule has 0 unspecified atom stereocenters. The zero-order valence-electron chi connectivity index (χ0n) is 12.9. The van der Waals surface area contributed by atoms with Gasteiger partial charge in [-0.15, -0.1) is 11.3 Å². The normalized spacial score (nSPS) is 13.2. The number of rotatable bonds is 3. The summed E-state index contributed by atoms with van der Waals surface area (Å²) in [5, 5.41) is 0.984. The van der Waals surface area contributed by atoms with E-state index in [1.54, 1.807) is 35.7 Å². The average molecular weight is 358 g/mol. The average Bonchev–Trinajstić information content (AvgIpc) is 2.96. The second-order valence-electron chi connectivity index (χ2n) is 5.49. The maximum Gasteiger partial charge on any atom is 0.264 e. The van der Waals surface area contributed by atoms with E-state index in [0.29, 0.717) is 0 Å². The third-order valence-corrected chi connectivity index (χ3v) is 6.16. The highest BCUT2D eigenvalue weighted by atomic mass is 32.2. The van der Waals surface area contributed by atoms with Gasteiger partial charge < -0.3 is 0 Å². The molecule has 0 saturated heterocycles. The van der Waals surface area contributed by atoms with E-state index in [2.05, 4.69) is 19.7 Å². The maximum atomic E-state index is 12.4. The zero-order chi connectivity index (χ0) is 16.7. The Labute approximate surface area is 143 Å². The van der Waals surface area contributed by atoms with Crippen LogP contribution in [0.25, 0.3) is 10.6 Å². The van der Waals surface area contributed by atoms with Crippen molar-refractivity contribution in [2.75, 3.05) is 4.72 Å². The number of anilines is 1. The maximum absolute atomic E-state index is 12.4. The first-order chi connectivity index (χ1) is 11.5. The molecule has 0 bridgehead atoms. The lowest BCUT2D eigenvalue weighted by molar-refractivity contribution is 0.601. The van der Waals surface area contributed by atoms with Gasteiger partial charge >= 0.3 is 0 Å². The molecule has 0 atom stereocenters. The van der Waals surface area contributed by atoms with Gasteiger partial charge in [0.2, 0.25) is 5.95 Å². The SMILES string of the molecule is Cc1nc2c(s1)-c1nc(NS(=O)(=O)c3ccccc3)ncc1CC2. The summed E-state index contributed by atoms with van der Waals surface area (Å²) in [5.41, 5.74) is 2.83. The second-order valence-corrected chi connectivity index (χ2v) is 8.38. The molecule has 2 heterocycles. The van der Waals surface area contributed by atoms with Gasteiger partial charge in [0.05, 0.1) is 26.2 Å². The van der Waals surface area contributed by atoms with Crippen LogP contribution >= 0.6 is 11.3 Å². The molecule has 6 nitrogen and oxygen atoms in total. The first-order valence-corrected chi connectivity index (χ1v) is 9.73. The van der Waals surface area contributed by atoms with Crippen LogP contribution in [0.15, 0.2) is 41.4 Å². The smallest absolute Gasteiger partial charge is 0.247 e. The van der Waals surface area contributed by atoms with E-state index < -0.39 is 10.0 Å². The van der Waals surface area contributed by atoms with Gasteiger partial charge in [-0.25, -0.2) is 28.1 Å². The molecule has 2 aromatic heterocycles. The molecular formula is C16H14N4O2S2. The summed E-state index contributed by atoms with van der Waals surface area (Å²) >= 11 is 1.58. The number of aryl methyl sites for hydroxylation is 3. The summed E-state index contributed by atoms with van der Waals surface area (Å²) in [6.45, 7) is 1.96. The molecule has 1 aromatic carbocycles. The van der Waals surface area contributed by atoms with Gasteiger partial charge in [-0.1, -0.05) is 18.2 Å². The second kappa shape index (κ2) is 5.64. The molecule has 0 saturated carbocycles. The summed E-state index contributed by atoms with van der Waals surface area (Å²) in [6.07, 6.45) is 3.38. The minimum absolute atomic E-state index is 0.0801. The molecule has 0 spiro atoms. The van der Waals surface area contributed by atoms with Crippen LogP contribution in [0, 0.1) is 6.92 Å². The molecule has 4 rings (SSSR count). The Morgan fingerprint density at radius 3 is 2.71 bits per heavy atom. The Kier molecular flexibility index (Phi) is 3.58. The van der Waals surface area contributed by atoms with Gasteiger partial charge in [0.15, 0.2) is 0 Å². The monoisotopic (exact) mass is 358 g/mol. The van der Waals surface area contributed by atoms with Crippen LogP contribution in [-0.2, 0) is 22.9 Å². The lowest BCUT2D eigenvalue weighted by atomic mass is 10.00. The van der Waals surface area contributed by atoms with Crippen LogP contribution < -0.4 is 4.72 Å². The van der Waals surface area contributed by atoms with E-state index in [-0.39, 0.29) is 10.8 Å². The predicted molar refractivity (Wildman–Crippen MR) is 92.5 cm³/mol. The van der Waals surface area contributed by atoms with Crippen LogP contribution in [0.3, 0.4) is 0 Å². The molecule has 122 valence electrons. The van der Waals surface area contributed by atoms with Crippen molar-refractivity contribution in [1.29, 1.82) is 0 Å². The first-order valence-electron chi connectivity index (χ1n) is 7.43. The molecule has 0 aliphatic heterocycles. The highest BCUT2D eigenvalue weighted by molar-refractivity contribution is 7.92. The van der Waals surface area contributed by atoms with E-state index >= 15 is 0 Å². The Morgan fingerprint density at radius 1 is 1.12 bits per heavy atom. The van der Waals surface area contributed by atoms with Crippen LogP contribution in [0.2, 0.25) is 0 Å². The predicted octanol–water partition coefficient (Wildman–Crippen LogP) is 2.81. The van der Waals surface area contributed by atoms with Crippen molar-refractivity contribution in [1.82, 2.24) is 15.0 Å². The third-order valence-electron chi connectivity index (χ3n) is 3.79. The van der Waals surface area contributed by atoms with Crippen molar-refractivity contribution < 1.29 is 8.42 Å². The van der Waals surface area contributed by atoms with Crippen molar-refractivity contribution in [2.45, 2.75) is 24.7 Å². The molecule has 3 aromatic rings. The third kappa shape index (κ3) is 2.67. The lowest BCUT2D eigenvalue weighted by Crippen LogP contribution is -2.16. The summed E-state index contributed by atoms with van der Waals surface area (Å²) < 4.78 is 27.3. The number of thiazole rings is 1. The van der Waals surface area contributed by atoms with E-state index in [0.717, 1.165) is 39.7 Å². The summed E-state index contributed by atoms with van der Waals surface area (Å²) in [7, 11) is -3.70. The highest BCUT2D eigenvalue weighted by Crippen LogP contribution is 2.36. The van der Waals surface area contributed by atoms with Gasteiger partial charge in [-0.05, 0) is 37.5 Å². The van der Waals surface area contributed by atoms with E-state index in [1.165, 1.54) is 12.1 Å². The van der Waals surface area contributed by atoms with Gasteiger partial charge in [-0.2, -0.15) is 0 Å². The first kappa shape index (κ1) is 15.2. The molecule has 0 fully saturated rings. The minimum atomic E-state index is -3.70. The molecular weight excluding hydrogens is 344 g/mol. The summed E-state index contributed by atoms with van der Waals surface area (Å²) in [6, 6.07) is 8.18. The molecule has 24 heavy (non-hydrogen) atoms. The van der Waals surface area contributed by atoms with E-state index in [1.807, 2.05) is 6.92 Å². The number of hydrogen-bond donors (Lipinski definition) is 1. The number of nitrogens with zero attached hydrogens (tertiary/aromatic N) is 3. The number of benzene rings is 1. The molecule has 1 aliphatic carbocycles. The van der Waals surface area contributed by atoms with Crippen molar-refractivity contribution in [3.63, 3.8) is 0 Å². The van der Waals surface area contributed by atoms with Crippen molar-refractivity contribution >= 4 is 27.3 Å². The zero-order valence-corrected chi connectivity index (χ0v) is 14.5. The van der Waals surface area contributed by atoms with Crippen LogP contribution in [-0.4, -0.2) is 23.4 Å². The van der Waals surface area contributed by atoms with Crippen LogP contribution in [0.5, 0.6) is 0 Å². The fourth-order valence-electron chi connectivity index (χ4n) is 2.69. The number of sulfonamides is 1. The topological polar surface area (TPSA) is 84.8 Å². The standard InChI is InChI=1S/C16H14N4O2S2/c1-10-18-13-8-7-11-9-17-16(19-14(11)15(13)23-10)20-24(21,22)12-5-3-2-4-6-12/h2-6,9H,7-8H2,1H3,(H,17,19,20). The lowest BCUT2D eigenvalue weighted by Gasteiger charge is -2.15. The van der Waals surface area contributed by atoms with Gasteiger partial charge in [0.1, 0.15) is 0 Å². The fraction of sp³-hybridized carbons (Fsp3) is 0.188. The summed E-state index contributed by atoms with van der Waals surface area (Å²) in [5.74, 6) is 0.0801. The van der Waals surface area contributed by atoms with Gasteiger partial charge in [-0.3, -0.25) is 0 Å². The minimum Gasteiger partial charge on any atom is -0.247 e. The number of aromatic nitrogens is 3. The number of hydrogen-bond acceptors (Lipinski definition) is 6. The molecule has 0 radical (unpaired) electrons. The fourth-order valence-corrected chi connectivity index (χ4v) is 4.65. The van der Waals surface area contributed by atoms with Gasteiger partial charge in [0, 0.05) is 6.20 Å². The Morgan fingerprint density at radius 2 is 1.92 bits per heavy atom. The molecule has 0 amide bonds. The number of nitrogens with one attached hydrogen (secondary N) is 1. The largest absolute Gasteiger partial charge is 0.264 e.